The third-order valence-corrected chi connectivity index (χ3v) is 36.3. The van der Waals surface area contributed by atoms with Gasteiger partial charge >= 0.3 is 5.97 Å². The Balaban J connectivity index is 4.19. The molecule has 0 radical (unpaired) electrons. The minimum atomic E-state index is -2.44. The lowest BCUT2D eigenvalue weighted by Crippen LogP contribution is -2.57. The van der Waals surface area contributed by atoms with Crippen LogP contribution in [0.5, 0.6) is 0 Å². The Morgan fingerprint density at radius 1 is 0.684 bits per heavy atom. The predicted molar refractivity (Wildman–Crippen MR) is 335 cm³/mol. The topological polar surface area (TPSA) is 90.9 Å². The van der Waals surface area contributed by atoms with Crippen LogP contribution in [-0.2, 0) is 41.4 Å². The van der Waals surface area contributed by atoms with E-state index in [0.29, 0.717) is 13.0 Å². The van der Waals surface area contributed by atoms with Crippen LogP contribution in [0.25, 0.3) is 0 Å². The fourth-order valence-corrected chi connectivity index (χ4v) is 14.0. The van der Waals surface area contributed by atoms with Gasteiger partial charge in [0.05, 0.1) is 43.5 Å². The molecule has 1 rings (SSSR count). The molecule has 0 aromatic carbocycles. The average molecular weight is 1140 g/mol. The highest BCUT2D eigenvalue weighted by atomic mass is 28.4. The van der Waals surface area contributed by atoms with Crippen molar-refractivity contribution < 1.29 is 41.4 Å². The van der Waals surface area contributed by atoms with Gasteiger partial charge in [0, 0.05) is 37.4 Å². The van der Waals surface area contributed by atoms with Crippen molar-refractivity contribution in [1.29, 1.82) is 0 Å². The highest BCUT2D eigenvalue weighted by Crippen LogP contribution is 2.45. The Labute approximate surface area is 474 Å². The van der Waals surface area contributed by atoms with Crippen molar-refractivity contribution >= 4 is 39.2 Å². The fraction of sp³-hybridized carbons (Fsp3) is 0.825. The maximum Gasteiger partial charge on any atom is 0.308 e. The van der Waals surface area contributed by atoms with E-state index in [-0.39, 0.29) is 86.7 Å². The summed E-state index contributed by atoms with van der Waals surface area (Å²) in [6, 6.07) is 0. The Morgan fingerprint density at radius 2 is 1.18 bits per heavy atom. The lowest BCUT2D eigenvalue weighted by Gasteiger charge is -2.50. The molecule has 0 saturated carbocycles. The van der Waals surface area contributed by atoms with Crippen molar-refractivity contribution in [3.8, 4) is 0 Å². The van der Waals surface area contributed by atoms with Crippen LogP contribution < -0.4 is 0 Å². The minimum Gasteiger partial charge on any atom is -0.462 e. The van der Waals surface area contributed by atoms with Gasteiger partial charge in [0.25, 0.3) is 0 Å². The lowest BCUT2D eigenvalue weighted by atomic mass is 9.79. The van der Waals surface area contributed by atoms with Gasteiger partial charge in [-0.25, -0.2) is 0 Å². The zero-order chi connectivity index (χ0) is 59.3. The van der Waals surface area contributed by atoms with E-state index in [1.54, 1.807) is 7.11 Å². The summed E-state index contributed by atoms with van der Waals surface area (Å²) in [5, 5.41) is -0.0848. The van der Waals surface area contributed by atoms with Crippen LogP contribution in [-0.4, -0.2) is 101 Å². The third kappa shape index (κ3) is 23.0. The molecule has 0 aromatic heterocycles. The molecule has 0 unspecified atom stereocenters. The molecule has 76 heavy (non-hydrogen) atoms. The summed E-state index contributed by atoms with van der Waals surface area (Å²) >= 11 is 0. The average Bonchev–Trinajstić information content (AvgIpc) is 3.25. The first-order valence-corrected chi connectivity index (χ1v) is 40.9. The van der Waals surface area contributed by atoms with Crippen molar-refractivity contribution in [2.45, 2.75) is 298 Å². The lowest BCUT2D eigenvalue weighted by molar-refractivity contribution is -0.337. The highest BCUT2D eigenvalue weighted by molar-refractivity contribution is 6.75. The van der Waals surface area contributed by atoms with E-state index < -0.39 is 51.3 Å². The van der Waals surface area contributed by atoms with E-state index in [9.17, 15) is 0 Å². The van der Waals surface area contributed by atoms with E-state index in [4.69, 9.17) is 36.7 Å². The number of allylic oxidation sites excluding steroid dienone is 5. The van der Waals surface area contributed by atoms with Gasteiger partial charge in [0.15, 0.2) is 39.1 Å². The number of hydrogen-bond donors (Lipinski definition) is 0. The molecule has 0 aromatic rings. The second-order valence-corrected chi connectivity index (χ2v) is 48.5. The molecule has 0 amide bonds. The first kappa shape index (κ1) is 72.8. The zero-order valence-electron chi connectivity index (χ0n) is 54.6. The van der Waals surface area contributed by atoms with E-state index in [2.05, 4.69) is 208 Å². The summed E-state index contributed by atoms with van der Waals surface area (Å²) in [5.74, 6) is -1.24. The molecule has 0 aliphatic carbocycles. The second kappa shape index (κ2) is 29.6. The molecule has 13 heteroatoms. The molecular weight excluding hydrogens is 1010 g/mol. The molecule has 444 valence electrons. The zero-order valence-corrected chi connectivity index (χ0v) is 58.6. The summed E-state index contributed by atoms with van der Waals surface area (Å²) in [6.45, 7) is 69.2. The van der Waals surface area contributed by atoms with Gasteiger partial charge in [-0.3, -0.25) is 4.79 Å². The summed E-state index contributed by atoms with van der Waals surface area (Å²) < 4.78 is 55.5. The summed E-state index contributed by atoms with van der Waals surface area (Å²) in [6.07, 6.45) is 17.5. The molecule has 11 atom stereocenters. The molecular formula is C63H122O9Si4. The van der Waals surface area contributed by atoms with Gasteiger partial charge in [-0.1, -0.05) is 165 Å². The van der Waals surface area contributed by atoms with Crippen LogP contribution in [0.15, 0.2) is 61.3 Å². The maximum atomic E-state index is 15.4. The Morgan fingerprint density at radius 3 is 1.68 bits per heavy atom. The van der Waals surface area contributed by atoms with Gasteiger partial charge in [-0.05, 0) is 131 Å². The molecule has 0 N–H and O–H groups in total. The molecule has 9 nitrogen and oxygen atoms in total. The quantitative estimate of drug-likeness (QED) is 0.0291. The van der Waals surface area contributed by atoms with Gasteiger partial charge in [-0.15, -0.1) is 6.58 Å². The Kier molecular flexibility index (Phi) is 28.4. The minimum absolute atomic E-state index is 0.0344. The van der Waals surface area contributed by atoms with Crippen molar-refractivity contribution in [2.24, 2.45) is 23.7 Å². The maximum absolute atomic E-state index is 15.4. The predicted octanol–water partition coefficient (Wildman–Crippen LogP) is 18.3. The van der Waals surface area contributed by atoms with Gasteiger partial charge < -0.3 is 36.7 Å². The summed E-state index contributed by atoms with van der Waals surface area (Å²) in [4.78, 5) is 15.4. The van der Waals surface area contributed by atoms with E-state index in [1.165, 1.54) is 0 Å². The Hall–Kier alpha value is -1.24. The molecule has 1 aliphatic rings. The van der Waals surface area contributed by atoms with E-state index in [0.717, 1.165) is 37.7 Å². The molecule has 1 saturated heterocycles. The molecule has 0 spiro atoms. The summed E-state index contributed by atoms with van der Waals surface area (Å²) in [5.41, 5.74) is 1.08. The molecule has 0 bridgehead atoms. The monoisotopic (exact) mass is 1130 g/mol. The molecule has 1 heterocycles. The first-order chi connectivity index (χ1) is 34.3. The van der Waals surface area contributed by atoms with Gasteiger partial charge in [-0.2, -0.15) is 0 Å². The number of rotatable bonds is 31. The molecule has 1 aliphatic heterocycles. The van der Waals surface area contributed by atoms with Crippen molar-refractivity contribution in [3.63, 3.8) is 0 Å². The third-order valence-electron chi connectivity index (χ3n) is 18.3. The highest BCUT2D eigenvalue weighted by Gasteiger charge is 2.50. The van der Waals surface area contributed by atoms with Gasteiger partial charge in [0.1, 0.15) is 6.10 Å². The van der Waals surface area contributed by atoms with Gasteiger partial charge in [0.2, 0.25) is 0 Å². The normalized spacial score (nSPS) is 22.2. The van der Waals surface area contributed by atoms with Crippen molar-refractivity contribution in [2.75, 3.05) is 13.7 Å². The van der Waals surface area contributed by atoms with Crippen LogP contribution >= 0.6 is 0 Å². The number of carbonyl (C=O) groups is 1. The number of carbonyl (C=O) groups excluding carboxylic acids is 1. The number of esters is 1. The van der Waals surface area contributed by atoms with Crippen molar-refractivity contribution in [3.05, 3.63) is 61.3 Å². The smallest absolute Gasteiger partial charge is 0.308 e. The van der Waals surface area contributed by atoms with E-state index >= 15 is 4.79 Å². The second-order valence-electron chi connectivity index (χ2n) is 29.4. The fourth-order valence-electron chi connectivity index (χ4n) is 8.91. The molecule has 1 fully saturated rings. The van der Waals surface area contributed by atoms with E-state index in [1.807, 2.05) is 32.1 Å². The number of hydrogen-bond acceptors (Lipinski definition) is 9. The first-order valence-electron chi connectivity index (χ1n) is 29.3. The standard InChI is InChI=1S/C63H122O9Si4/c1-31-33-34-39-51(65-22)40-35-41-52(70-74(25,26)60(11,12)13)44-53(48(5)54(71-75(27,28)61(14,15)16)43-46(3)38-36-42-66-73(23,24)59(8,9)10)67-56(64)45-55(72-76(29,30)62(17,18)19)49(6)58-50(7)57(47(4)37-32-2)68-63(20,21)69-58/h31-34,36,38,43,47-55,57-58H,1-2,35,37,39-42,44-45H2,3-30H3/b34-33-,38-36+,46-43+/t47-,48-,49+,50-,51+,52+,53-,54+,55+,57+,58-/m0/s1. The van der Waals surface area contributed by atoms with Crippen LogP contribution in [0.1, 0.15) is 176 Å². The van der Waals surface area contributed by atoms with Crippen LogP contribution in [0.3, 0.4) is 0 Å². The Bertz CT molecular complexity index is 1860. The largest absolute Gasteiger partial charge is 0.462 e. The SMILES string of the molecule is C=C/C=C\C[C@H](CCC[C@H](C[C@H](OC(=O)C[C@@H](O[Si](C)(C)C(C)(C)C)[C@@H](C)[C@@H]1OC(C)(C)O[C@H]([C@@H](C)CC=C)[C@@H]1C)[C@H](C)[C@@H](/C=C(C)/C=C/CO[Si](C)(C)C(C)(C)C)O[Si](C)(C)C(C)(C)C)O[Si](C)(C)C(C)(C)C)OC. The van der Waals surface area contributed by atoms with Crippen LogP contribution in [0.4, 0.5) is 0 Å². The summed E-state index contributed by atoms with van der Waals surface area (Å²) in [7, 11) is -7.29. The van der Waals surface area contributed by atoms with Crippen molar-refractivity contribution in [1.82, 2.24) is 0 Å². The van der Waals surface area contributed by atoms with Crippen LogP contribution in [0.2, 0.25) is 72.5 Å². The number of methoxy groups -OCH3 is 1. The number of ether oxygens (including phenoxy) is 4. The van der Waals surface area contributed by atoms with Crippen LogP contribution in [0, 0.1) is 23.7 Å².